The van der Waals surface area contributed by atoms with Gasteiger partial charge in [-0.15, -0.1) is 0 Å². The van der Waals surface area contributed by atoms with Gasteiger partial charge in [0, 0.05) is 32.8 Å². The van der Waals surface area contributed by atoms with E-state index in [1.807, 2.05) is 60.7 Å². The molecule has 0 saturated carbocycles. The van der Waals surface area contributed by atoms with E-state index in [4.69, 9.17) is 19.4 Å². The second-order valence-electron chi connectivity index (χ2n) is 13.7. The fraction of sp³-hybridized carbons (Fsp3) is 0. The highest BCUT2D eigenvalue weighted by atomic mass is 16.3. The predicted molar refractivity (Wildman–Crippen MR) is 221 cm³/mol. The number of hydrogen-bond acceptors (Lipinski definition) is 4. The Bertz CT molecular complexity index is 3110. The number of fused-ring (bicyclic) bond motifs is 7. The van der Waals surface area contributed by atoms with E-state index in [9.17, 15) is 0 Å². The lowest BCUT2D eigenvalue weighted by Crippen LogP contribution is -2.00. The third-order valence-corrected chi connectivity index (χ3v) is 10.4. The van der Waals surface area contributed by atoms with Crippen molar-refractivity contribution in [1.29, 1.82) is 0 Å². The maximum atomic E-state index is 6.87. The fourth-order valence-electron chi connectivity index (χ4n) is 7.85. The fourth-order valence-corrected chi connectivity index (χ4v) is 7.85. The van der Waals surface area contributed by atoms with Gasteiger partial charge >= 0.3 is 0 Å². The van der Waals surface area contributed by atoms with Gasteiger partial charge in [0.1, 0.15) is 11.2 Å². The summed E-state index contributed by atoms with van der Waals surface area (Å²) in [6, 6.07) is 63.4. The molecule has 3 aromatic heterocycles. The van der Waals surface area contributed by atoms with E-state index in [0.29, 0.717) is 17.5 Å². The number of hydrogen-bond donors (Lipinski definition) is 0. The van der Waals surface area contributed by atoms with Gasteiger partial charge in [-0.2, -0.15) is 0 Å². The lowest BCUT2D eigenvalue weighted by Gasteiger charge is -2.13. The number of aromatic nitrogens is 4. The minimum Gasteiger partial charge on any atom is -0.456 e. The first-order chi connectivity index (χ1) is 26.7. The normalized spacial score (nSPS) is 11.7. The molecule has 54 heavy (non-hydrogen) atoms. The van der Waals surface area contributed by atoms with Crippen LogP contribution in [0.4, 0.5) is 0 Å². The lowest BCUT2D eigenvalue weighted by molar-refractivity contribution is 0.669. The number of benzene rings is 8. The Hall–Kier alpha value is -7.37. The molecule has 0 amide bonds. The highest BCUT2D eigenvalue weighted by molar-refractivity contribution is 6.15. The zero-order valence-electron chi connectivity index (χ0n) is 29.0. The largest absolute Gasteiger partial charge is 0.456 e. The van der Waals surface area contributed by atoms with Crippen LogP contribution in [-0.2, 0) is 0 Å². The number of nitrogens with zero attached hydrogens (tertiary/aromatic N) is 4. The van der Waals surface area contributed by atoms with E-state index in [2.05, 4.69) is 126 Å². The van der Waals surface area contributed by atoms with E-state index in [-0.39, 0.29) is 0 Å². The van der Waals surface area contributed by atoms with Crippen molar-refractivity contribution in [2.24, 2.45) is 0 Å². The molecule has 5 nitrogen and oxygen atoms in total. The van der Waals surface area contributed by atoms with Crippen molar-refractivity contribution in [2.45, 2.75) is 0 Å². The van der Waals surface area contributed by atoms with E-state index >= 15 is 0 Å². The van der Waals surface area contributed by atoms with Crippen LogP contribution in [0.3, 0.4) is 0 Å². The average Bonchev–Trinajstić information content (AvgIpc) is 3.79. The van der Waals surface area contributed by atoms with E-state index < -0.39 is 0 Å². The molecule has 11 aromatic rings. The minimum atomic E-state index is 0.588. The van der Waals surface area contributed by atoms with Crippen molar-refractivity contribution in [3.63, 3.8) is 0 Å². The van der Waals surface area contributed by atoms with Gasteiger partial charge in [-0.3, -0.25) is 0 Å². The molecule has 11 rings (SSSR count). The van der Waals surface area contributed by atoms with Gasteiger partial charge in [-0.05, 0) is 64.4 Å². The Labute approximate surface area is 310 Å². The van der Waals surface area contributed by atoms with Crippen LogP contribution in [0.1, 0.15) is 0 Å². The molecule has 0 saturated heterocycles. The Kier molecular flexibility index (Phi) is 6.79. The predicted octanol–water partition coefficient (Wildman–Crippen LogP) is 12.7. The third kappa shape index (κ3) is 4.90. The molecular weight excluding hydrogens is 661 g/mol. The lowest BCUT2D eigenvalue weighted by atomic mass is 9.98. The topological polar surface area (TPSA) is 56.7 Å². The molecule has 0 aliphatic carbocycles. The molecule has 5 heteroatoms. The first kappa shape index (κ1) is 30.3. The summed E-state index contributed by atoms with van der Waals surface area (Å²) in [7, 11) is 0. The zero-order valence-corrected chi connectivity index (χ0v) is 29.0. The van der Waals surface area contributed by atoms with Crippen molar-refractivity contribution in [2.75, 3.05) is 0 Å². The second-order valence-corrected chi connectivity index (χ2v) is 13.7. The summed E-state index contributed by atoms with van der Waals surface area (Å²) < 4.78 is 9.27. The van der Waals surface area contributed by atoms with Crippen LogP contribution < -0.4 is 0 Å². The average molecular weight is 691 g/mol. The van der Waals surface area contributed by atoms with E-state index in [1.165, 1.54) is 21.5 Å². The molecule has 0 radical (unpaired) electrons. The third-order valence-electron chi connectivity index (χ3n) is 10.4. The van der Waals surface area contributed by atoms with Crippen LogP contribution in [0.2, 0.25) is 0 Å². The Balaban J connectivity index is 1.17. The Morgan fingerprint density at radius 2 is 0.889 bits per heavy atom. The Morgan fingerprint density at radius 1 is 0.352 bits per heavy atom. The van der Waals surface area contributed by atoms with Crippen molar-refractivity contribution in [3.05, 3.63) is 182 Å². The molecule has 8 aromatic carbocycles. The minimum absolute atomic E-state index is 0.588. The molecule has 0 unspecified atom stereocenters. The standard InChI is InChI=1S/C49H30N4O/c1-3-14-32(15-4-1)47-50-48(33-16-5-2-6-17-33)52-49(51-47)36-25-26-40-44(29-36)54-45-30-37(35-24-23-31-13-7-8-18-34(31)27-35)28-43(46(40)45)53-41-21-11-9-19-38(41)39-20-10-12-22-42(39)53/h1-30H. The monoisotopic (exact) mass is 690 g/mol. The molecule has 0 spiro atoms. The van der Waals surface area contributed by atoms with Crippen LogP contribution in [0.25, 0.3) is 105 Å². The molecule has 3 heterocycles. The van der Waals surface area contributed by atoms with Crippen molar-refractivity contribution in [3.8, 4) is 51.0 Å². The zero-order chi connectivity index (χ0) is 35.6. The highest BCUT2D eigenvalue weighted by Crippen LogP contribution is 2.42. The smallest absolute Gasteiger partial charge is 0.164 e. The van der Waals surface area contributed by atoms with Crippen molar-refractivity contribution in [1.82, 2.24) is 19.5 Å². The van der Waals surface area contributed by atoms with Crippen LogP contribution in [-0.4, -0.2) is 19.5 Å². The number of para-hydroxylation sites is 2. The van der Waals surface area contributed by atoms with Crippen LogP contribution in [0.15, 0.2) is 186 Å². The summed E-state index contributed by atoms with van der Waals surface area (Å²) in [5, 5.41) is 6.92. The second kappa shape index (κ2) is 12.1. The molecule has 0 N–H and O–H groups in total. The molecule has 0 atom stereocenters. The van der Waals surface area contributed by atoms with E-state index in [0.717, 1.165) is 66.5 Å². The maximum absolute atomic E-state index is 6.87. The van der Waals surface area contributed by atoms with Crippen LogP contribution >= 0.6 is 0 Å². The molecule has 0 bridgehead atoms. The van der Waals surface area contributed by atoms with Crippen LogP contribution in [0, 0.1) is 0 Å². The first-order valence-electron chi connectivity index (χ1n) is 18.1. The summed E-state index contributed by atoms with van der Waals surface area (Å²) in [6.07, 6.45) is 0. The number of rotatable bonds is 5. The van der Waals surface area contributed by atoms with Gasteiger partial charge in [0.05, 0.1) is 22.1 Å². The van der Waals surface area contributed by atoms with Crippen molar-refractivity contribution < 1.29 is 4.42 Å². The molecule has 0 aliphatic rings. The number of furan rings is 1. The Morgan fingerprint density at radius 3 is 1.56 bits per heavy atom. The maximum Gasteiger partial charge on any atom is 0.164 e. The van der Waals surface area contributed by atoms with Gasteiger partial charge in [-0.1, -0.05) is 140 Å². The highest BCUT2D eigenvalue weighted by Gasteiger charge is 2.21. The van der Waals surface area contributed by atoms with Crippen molar-refractivity contribution >= 4 is 54.5 Å². The van der Waals surface area contributed by atoms with Gasteiger partial charge in [0.15, 0.2) is 17.5 Å². The summed E-state index contributed by atoms with van der Waals surface area (Å²) in [4.78, 5) is 14.9. The quantitative estimate of drug-likeness (QED) is 0.180. The van der Waals surface area contributed by atoms with Gasteiger partial charge in [-0.25, -0.2) is 15.0 Å². The summed E-state index contributed by atoms with van der Waals surface area (Å²) in [6.45, 7) is 0. The molecule has 252 valence electrons. The summed E-state index contributed by atoms with van der Waals surface area (Å²) >= 11 is 0. The first-order valence-corrected chi connectivity index (χ1v) is 18.1. The van der Waals surface area contributed by atoms with E-state index in [1.54, 1.807) is 0 Å². The van der Waals surface area contributed by atoms with Gasteiger partial charge in [0.25, 0.3) is 0 Å². The molecule has 0 fully saturated rings. The molecule has 0 aliphatic heterocycles. The summed E-state index contributed by atoms with van der Waals surface area (Å²) in [5.74, 6) is 1.83. The van der Waals surface area contributed by atoms with Gasteiger partial charge in [0.2, 0.25) is 0 Å². The molecular formula is C49H30N4O. The van der Waals surface area contributed by atoms with Gasteiger partial charge < -0.3 is 8.98 Å². The van der Waals surface area contributed by atoms with Crippen LogP contribution in [0.5, 0.6) is 0 Å². The summed E-state index contributed by atoms with van der Waals surface area (Å²) in [5.41, 5.74) is 9.87. The SMILES string of the molecule is c1ccc(-c2nc(-c3ccccc3)nc(-c3ccc4c(c3)oc3cc(-c5ccc6ccccc6c5)cc(-n5c6ccccc6c6ccccc65)c34)n2)cc1.